The zero-order chi connectivity index (χ0) is 13.5. The van der Waals surface area contributed by atoms with Crippen LogP contribution in [0.3, 0.4) is 0 Å². The summed E-state index contributed by atoms with van der Waals surface area (Å²) in [5.74, 6) is 0. The lowest BCUT2D eigenvalue weighted by atomic mass is 10.0. The van der Waals surface area contributed by atoms with Crippen molar-refractivity contribution in [2.45, 2.75) is 84.1 Å². The van der Waals surface area contributed by atoms with Crippen molar-refractivity contribution in [3.63, 3.8) is 0 Å². The third-order valence-electron chi connectivity index (χ3n) is 3.48. The molecule has 0 aromatic rings. The highest BCUT2D eigenvalue weighted by Crippen LogP contribution is 2.10. The van der Waals surface area contributed by atoms with Crippen LogP contribution < -0.4 is 5.32 Å². The van der Waals surface area contributed by atoms with Crippen molar-refractivity contribution in [1.29, 1.82) is 0 Å². The Balaban J connectivity index is 3.23. The summed E-state index contributed by atoms with van der Waals surface area (Å²) in [7, 11) is 2.05. The van der Waals surface area contributed by atoms with Gasteiger partial charge in [-0.3, -0.25) is 0 Å². The smallest absolute Gasteiger partial charge is 0.0619 e. The van der Waals surface area contributed by atoms with Gasteiger partial charge >= 0.3 is 0 Å². The van der Waals surface area contributed by atoms with Crippen molar-refractivity contribution < 1.29 is 4.74 Å². The first kappa shape index (κ1) is 17.9. The number of nitrogens with one attached hydrogen (secondary N) is 1. The van der Waals surface area contributed by atoms with Crippen LogP contribution in [0.5, 0.6) is 0 Å². The molecule has 0 amide bonds. The Morgan fingerprint density at radius 1 is 0.833 bits per heavy atom. The minimum atomic E-state index is 0.552. The Hall–Kier alpha value is -0.0800. The molecule has 0 aliphatic heterocycles. The van der Waals surface area contributed by atoms with Gasteiger partial charge in [0.1, 0.15) is 0 Å². The number of unbranched alkanes of at least 4 members (excludes halogenated alkanes) is 7. The van der Waals surface area contributed by atoms with E-state index in [0.29, 0.717) is 6.04 Å². The Kier molecular flexibility index (Phi) is 14.9. The van der Waals surface area contributed by atoms with Crippen LogP contribution in [0.1, 0.15) is 78.1 Å². The number of rotatable bonds is 14. The van der Waals surface area contributed by atoms with E-state index in [4.69, 9.17) is 4.74 Å². The van der Waals surface area contributed by atoms with E-state index in [0.717, 1.165) is 19.6 Å². The van der Waals surface area contributed by atoms with Crippen molar-refractivity contribution in [2.24, 2.45) is 0 Å². The first-order chi connectivity index (χ1) is 8.85. The summed E-state index contributed by atoms with van der Waals surface area (Å²) in [4.78, 5) is 0. The Bertz CT molecular complexity index is 150. The van der Waals surface area contributed by atoms with Crippen LogP contribution in [0.25, 0.3) is 0 Å². The summed E-state index contributed by atoms with van der Waals surface area (Å²) in [6, 6.07) is 0.552. The first-order valence-corrected chi connectivity index (χ1v) is 8.10. The van der Waals surface area contributed by atoms with Crippen LogP contribution in [0.15, 0.2) is 0 Å². The van der Waals surface area contributed by atoms with Crippen molar-refractivity contribution >= 4 is 0 Å². The van der Waals surface area contributed by atoms with Crippen LogP contribution in [0.4, 0.5) is 0 Å². The van der Waals surface area contributed by atoms with Gasteiger partial charge in [-0.05, 0) is 19.9 Å². The molecular weight excluding hydrogens is 222 g/mol. The van der Waals surface area contributed by atoms with Crippen molar-refractivity contribution in [2.75, 3.05) is 20.3 Å². The van der Waals surface area contributed by atoms with E-state index in [1.54, 1.807) is 0 Å². The van der Waals surface area contributed by atoms with Gasteiger partial charge < -0.3 is 10.1 Å². The predicted octanol–water partition coefficient (Wildman–Crippen LogP) is 4.53. The normalized spacial score (nSPS) is 12.8. The molecule has 0 radical (unpaired) electrons. The third-order valence-corrected chi connectivity index (χ3v) is 3.48. The summed E-state index contributed by atoms with van der Waals surface area (Å²) in [5.41, 5.74) is 0. The second-order valence-corrected chi connectivity index (χ2v) is 5.32. The molecule has 0 aliphatic rings. The molecule has 0 aromatic carbocycles. The van der Waals surface area contributed by atoms with Gasteiger partial charge in [0.05, 0.1) is 6.61 Å². The molecule has 0 bridgehead atoms. The summed E-state index contributed by atoms with van der Waals surface area (Å²) in [6.45, 7) is 6.21. The summed E-state index contributed by atoms with van der Waals surface area (Å²) in [5, 5.41) is 3.35. The minimum Gasteiger partial charge on any atom is -0.380 e. The van der Waals surface area contributed by atoms with Crippen LogP contribution in [0.2, 0.25) is 0 Å². The molecule has 2 heteroatoms. The topological polar surface area (TPSA) is 21.3 Å². The average Bonchev–Trinajstić information content (AvgIpc) is 2.40. The van der Waals surface area contributed by atoms with Crippen molar-refractivity contribution in [1.82, 2.24) is 5.32 Å². The predicted molar refractivity (Wildman–Crippen MR) is 81.2 cm³/mol. The number of ether oxygens (including phenoxy) is 1. The lowest BCUT2D eigenvalue weighted by Crippen LogP contribution is -2.30. The molecule has 0 aromatic heterocycles. The maximum Gasteiger partial charge on any atom is 0.0619 e. The Morgan fingerprint density at radius 2 is 1.44 bits per heavy atom. The van der Waals surface area contributed by atoms with Crippen molar-refractivity contribution in [3.05, 3.63) is 0 Å². The second-order valence-electron chi connectivity index (χ2n) is 5.32. The quantitative estimate of drug-likeness (QED) is 0.462. The number of likely N-dealkylation sites (N-methyl/N-ethyl adjacent to an activating group) is 1. The zero-order valence-electron chi connectivity index (χ0n) is 13.0. The van der Waals surface area contributed by atoms with Crippen LogP contribution in [0, 0.1) is 0 Å². The van der Waals surface area contributed by atoms with Gasteiger partial charge in [0.2, 0.25) is 0 Å². The van der Waals surface area contributed by atoms with Crippen molar-refractivity contribution in [3.8, 4) is 0 Å². The number of hydrogen-bond acceptors (Lipinski definition) is 2. The fourth-order valence-electron chi connectivity index (χ4n) is 2.21. The Labute approximate surface area is 115 Å². The molecule has 0 spiro atoms. The molecule has 0 rings (SSSR count). The van der Waals surface area contributed by atoms with Gasteiger partial charge in [0.15, 0.2) is 0 Å². The SMILES string of the molecule is CCCCCCCCCCC(COCCC)NC. The van der Waals surface area contributed by atoms with E-state index in [-0.39, 0.29) is 0 Å². The Morgan fingerprint density at radius 3 is 2.00 bits per heavy atom. The molecule has 2 nitrogen and oxygen atoms in total. The number of hydrogen-bond donors (Lipinski definition) is 1. The lowest BCUT2D eigenvalue weighted by Gasteiger charge is -2.16. The van der Waals surface area contributed by atoms with Gasteiger partial charge in [-0.25, -0.2) is 0 Å². The maximum atomic E-state index is 5.60. The standard InChI is InChI=1S/C16H35NO/c1-4-6-7-8-9-10-11-12-13-16(17-3)15-18-14-5-2/h16-17H,4-15H2,1-3H3. The summed E-state index contributed by atoms with van der Waals surface area (Å²) >= 11 is 0. The van der Waals surface area contributed by atoms with E-state index < -0.39 is 0 Å². The summed E-state index contributed by atoms with van der Waals surface area (Å²) in [6.07, 6.45) is 13.6. The molecule has 0 saturated heterocycles. The van der Waals surface area contributed by atoms with E-state index >= 15 is 0 Å². The molecule has 110 valence electrons. The lowest BCUT2D eigenvalue weighted by molar-refractivity contribution is 0.110. The highest BCUT2D eigenvalue weighted by molar-refractivity contribution is 4.63. The molecule has 0 fully saturated rings. The highest BCUT2D eigenvalue weighted by Gasteiger charge is 2.05. The van der Waals surface area contributed by atoms with E-state index in [1.807, 2.05) is 7.05 Å². The molecular formula is C16H35NO. The van der Waals surface area contributed by atoms with Crippen LogP contribution in [-0.4, -0.2) is 26.3 Å². The van der Waals surface area contributed by atoms with E-state index in [2.05, 4.69) is 19.2 Å². The molecule has 0 heterocycles. The molecule has 1 unspecified atom stereocenters. The molecule has 1 atom stereocenters. The zero-order valence-corrected chi connectivity index (χ0v) is 13.0. The monoisotopic (exact) mass is 257 g/mol. The first-order valence-electron chi connectivity index (χ1n) is 8.10. The third kappa shape index (κ3) is 12.4. The maximum absolute atomic E-state index is 5.60. The van der Waals surface area contributed by atoms with Crippen LogP contribution >= 0.6 is 0 Å². The van der Waals surface area contributed by atoms with E-state index in [1.165, 1.54) is 57.8 Å². The van der Waals surface area contributed by atoms with Crippen LogP contribution in [-0.2, 0) is 4.74 Å². The van der Waals surface area contributed by atoms with Gasteiger partial charge in [0.25, 0.3) is 0 Å². The minimum absolute atomic E-state index is 0.552. The van der Waals surface area contributed by atoms with Gasteiger partial charge in [0, 0.05) is 12.6 Å². The second kappa shape index (κ2) is 15.0. The molecule has 18 heavy (non-hydrogen) atoms. The largest absolute Gasteiger partial charge is 0.380 e. The fraction of sp³-hybridized carbons (Fsp3) is 1.00. The molecule has 0 saturated carbocycles. The van der Waals surface area contributed by atoms with Gasteiger partial charge in [-0.2, -0.15) is 0 Å². The highest BCUT2D eigenvalue weighted by atomic mass is 16.5. The fourth-order valence-corrected chi connectivity index (χ4v) is 2.21. The van der Waals surface area contributed by atoms with Gasteiger partial charge in [-0.1, -0.05) is 65.2 Å². The molecule has 1 N–H and O–H groups in total. The molecule has 0 aliphatic carbocycles. The average molecular weight is 257 g/mol. The summed E-state index contributed by atoms with van der Waals surface area (Å²) < 4.78 is 5.60. The van der Waals surface area contributed by atoms with E-state index in [9.17, 15) is 0 Å². The van der Waals surface area contributed by atoms with Gasteiger partial charge in [-0.15, -0.1) is 0 Å².